The van der Waals surface area contributed by atoms with Crippen molar-refractivity contribution in [2.24, 2.45) is 0 Å². The number of anilines is 1. The van der Waals surface area contributed by atoms with E-state index in [4.69, 9.17) is 9.47 Å². The summed E-state index contributed by atoms with van der Waals surface area (Å²) in [6, 6.07) is 11.3. The van der Waals surface area contributed by atoms with Crippen LogP contribution in [-0.2, 0) is 9.84 Å². The molecule has 1 aliphatic carbocycles. The number of sulfone groups is 1. The van der Waals surface area contributed by atoms with Crippen LogP contribution >= 0.6 is 0 Å². The number of hydrogen-bond acceptors (Lipinski definition) is 5. The highest BCUT2D eigenvalue weighted by Gasteiger charge is 2.42. The highest BCUT2D eigenvalue weighted by atomic mass is 32.2. The molecule has 0 aromatic heterocycles. The molecule has 1 heterocycles. The first kappa shape index (κ1) is 17.9. The summed E-state index contributed by atoms with van der Waals surface area (Å²) >= 11 is 0. The summed E-state index contributed by atoms with van der Waals surface area (Å²) in [6.45, 7) is 0. The number of ether oxygens (including phenoxy) is 2. The first-order valence-electron chi connectivity index (χ1n) is 8.98. The normalized spacial score (nSPS) is 17.7. The molecule has 27 heavy (non-hydrogen) atoms. The van der Waals surface area contributed by atoms with Gasteiger partial charge >= 0.3 is 0 Å². The van der Waals surface area contributed by atoms with Crippen LogP contribution in [0.25, 0.3) is 0 Å². The smallest absolute Gasteiger partial charge is 0.255 e. The van der Waals surface area contributed by atoms with Gasteiger partial charge in [-0.2, -0.15) is 0 Å². The van der Waals surface area contributed by atoms with Crippen LogP contribution in [0.4, 0.5) is 5.69 Å². The summed E-state index contributed by atoms with van der Waals surface area (Å²) in [5.74, 6) is 0.368. The van der Waals surface area contributed by atoms with E-state index in [0.717, 1.165) is 31.9 Å². The zero-order valence-corrected chi connectivity index (χ0v) is 15.8. The van der Waals surface area contributed by atoms with Gasteiger partial charge in [0.25, 0.3) is 11.7 Å². The van der Waals surface area contributed by atoms with Gasteiger partial charge in [0.1, 0.15) is 0 Å². The molecule has 1 spiro atoms. The van der Waals surface area contributed by atoms with Crippen molar-refractivity contribution in [2.45, 2.75) is 42.8 Å². The molecule has 7 heteroatoms. The number of carbonyl (C=O) groups excluding carboxylic acids is 1. The van der Waals surface area contributed by atoms with E-state index in [2.05, 4.69) is 5.32 Å². The number of hydrogen-bond donors (Lipinski definition) is 1. The van der Waals surface area contributed by atoms with Gasteiger partial charge in [-0.05, 0) is 43.2 Å². The third kappa shape index (κ3) is 3.64. The zero-order chi connectivity index (χ0) is 19.1. The molecule has 0 bridgehead atoms. The van der Waals surface area contributed by atoms with Crippen LogP contribution < -0.4 is 14.8 Å². The van der Waals surface area contributed by atoms with Gasteiger partial charge in [-0.3, -0.25) is 4.79 Å². The first-order valence-corrected chi connectivity index (χ1v) is 10.9. The highest BCUT2D eigenvalue weighted by Crippen LogP contribution is 2.46. The second-order valence-corrected chi connectivity index (χ2v) is 9.11. The number of amides is 1. The minimum Gasteiger partial charge on any atom is -0.448 e. The maximum Gasteiger partial charge on any atom is 0.255 e. The molecule has 1 saturated carbocycles. The molecule has 1 aliphatic heterocycles. The van der Waals surface area contributed by atoms with Crippen LogP contribution in [0.5, 0.6) is 11.5 Å². The van der Waals surface area contributed by atoms with E-state index in [-0.39, 0.29) is 16.4 Å². The van der Waals surface area contributed by atoms with Crippen molar-refractivity contribution in [3.63, 3.8) is 0 Å². The van der Waals surface area contributed by atoms with Crippen LogP contribution in [0.15, 0.2) is 47.4 Å². The van der Waals surface area contributed by atoms with Gasteiger partial charge in [-0.15, -0.1) is 0 Å². The van der Waals surface area contributed by atoms with Crippen molar-refractivity contribution in [3.8, 4) is 11.5 Å². The number of rotatable bonds is 3. The van der Waals surface area contributed by atoms with Crippen LogP contribution in [0, 0.1) is 0 Å². The van der Waals surface area contributed by atoms with Gasteiger partial charge in [-0.1, -0.05) is 12.5 Å². The second-order valence-electron chi connectivity index (χ2n) is 7.09. The Morgan fingerprint density at radius 1 is 1.00 bits per heavy atom. The van der Waals surface area contributed by atoms with Gasteiger partial charge in [-0.25, -0.2) is 8.42 Å². The highest BCUT2D eigenvalue weighted by molar-refractivity contribution is 7.90. The van der Waals surface area contributed by atoms with Crippen molar-refractivity contribution >= 4 is 21.4 Å². The van der Waals surface area contributed by atoms with Gasteiger partial charge in [0.15, 0.2) is 21.3 Å². The van der Waals surface area contributed by atoms with E-state index in [1.807, 2.05) is 0 Å². The lowest BCUT2D eigenvalue weighted by Gasteiger charge is -2.31. The maximum absolute atomic E-state index is 12.5. The summed E-state index contributed by atoms with van der Waals surface area (Å²) in [4.78, 5) is 12.6. The van der Waals surface area contributed by atoms with Crippen LogP contribution in [0.1, 0.15) is 42.5 Å². The van der Waals surface area contributed by atoms with Crippen LogP contribution in [0.2, 0.25) is 0 Å². The predicted octanol–water partition coefficient (Wildman–Crippen LogP) is 3.77. The Kier molecular flexibility index (Phi) is 4.34. The first-order chi connectivity index (χ1) is 12.8. The molecule has 0 atom stereocenters. The predicted molar refractivity (Wildman–Crippen MR) is 101 cm³/mol. The summed E-state index contributed by atoms with van der Waals surface area (Å²) < 4.78 is 35.5. The number of carbonyl (C=O) groups is 1. The summed E-state index contributed by atoms with van der Waals surface area (Å²) in [7, 11) is -3.37. The molecule has 1 N–H and O–H groups in total. The lowest BCUT2D eigenvalue weighted by molar-refractivity contribution is -0.105. The van der Waals surface area contributed by atoms with Gasteiger partial charge in [0.05, 0.1) is 4.90 Å². The monoisotopic (exact) mass is 387 g/mol. The van der Waals surface area contributed by atoms with Gasteiger partial charge in [0, 0.05) is 36.4 Å². The average Bonchev–Trinajstić information content (AvgIpc) is 2.98. The van der Waals surface area contributed by atoms with Crippen LogP contribution in [-0.4, -0.2) is 26.4 Å². The van der Waals surface area contributed by atoms with Gasteiger partial charge < -0.3 is 14.8 Å². The van der Waals surface area contributed by atoms with Crippen LogP contribution in [0.3, 0.4) is 0 Å². The van der Waals surface area contributed by atoms with Gasteiger partial charge in [0.2, 0.25) is 0 Å². The average molecular weight is 387 g/mol. The standard InChI is InChI=1S/C20H21NO5S/c1-27(23,24)16-7-5-6-14(12-16)19(22)21-15-8-9-17-18(13-15)26-20(25-17)10-3-2-4-11-20/h5-9,12-13H,2-4,10-11H2,1H3,(H,21,22). The molecular formula is C20H21NO5S. The molecule has 2 aliphatic rings. The maximum atomic E-state index is 12.5. The molecule has 0 radical (unpaired) electrons. The summed E-state index contributed by atoms with van der Waals surface area (Å²) in [5, 5.41) is 2.79. The Balaban J connectivity index is 1.52. The minimum atomic E-state index is -3.37. The lowest BCUT2D eigenvalue weighted by Crippen LogP contribution is -2.40. The number of benzene rings is 2. The number of fused-ring (bicyclic) bond motifs is 1. The largest absolute Gasteiger partial charge is 0.448 e. The topological polar surface area (TPSA) is 81.7 Å². The van der Waals surface area contributed by atoms with Crippen molar-refractivity contribution in [1.82, 2.24) is 0 Å². The number of nitrogens with one attached hydrogen (secondary N) is 1. The fourth-order valence-electron chi connectivity index (χ4n) is 3.54. The van der Waals surface area contributed by atoms with E-state index >= 15 is 0 Å². The van der Waals surface area contributed by atoms with E-state index < -0.39 is 15.6 Å². The molecule has 1 fully saturated rings. The third-order valence-electron chi connectivity index (χ3n) is 4.93. The van der Waals surface area contributed by atoms with E-state index in [9.17, 15) is 13.2 Å². The quantitative estimate of drug-likeness (QED) is 0.867. The van der Waals surface area contributed by atoms with E-state index in [1.165, 1.54) is 18.6 Å². The van der Waals surface area contributed by atoms with Crippen molar-refractivity contribution in [2.75, 3.05) is 11.6 Å². The molecular weight excluding hydrogens is 366 g/mol. The zero-order valence-electron chi connectivity index (χ0n) is 15.0. The Hall–Kier alpha value is -2.54. The molecule has 0 saturated heterocycles. The molecule has 142 valence electrons. The Labute approximate surface area is 158 Å². The second kappa shape index (κ2) is 6.56. The Bertz CT molecular complexity index is 993. The van der Waals surface area contributed by atoms with Crippen molar-refractivity contribution in [3.05, 3.63) is 48.0 Å². The summed E-state index contributed by atoms with van der Waals surface area (Å²) in [6.07, 6.45) is 6.19. The minimum absolute atomic E-state index is 0.111. The molecule has 2 aromatic carbocycles. The third-order valence-corrected chi connectivity index (χ3v) is 6.04. The summed E-state index contributed by atoms with van der Waals surface area (Å²) in [5.41, 5.74) is 0.847. The Morgan fingerprint density at radius 3 is 2.48 bits per heavy atom. The fraction of sp³-hybridized carbons (Fsp3) is 0.350. The lowest BCUT2D eigenvalue weighted by atomic mass is 9.94. The fourth-order valence-corrected chi connectivity index (χ4v) is 4.20. The molecule has 0 unspecified atom stereocenters. The van der Waals surface area contributed by atoms with Crippen molar-refractivity contribution in [1.29, 1.82) is 0 Å². The molecule has 4 rings (SSSR count). The van der Waals surface area contributed by atoms with Crippen molar-refractivity contribution < 1.29 is 22.7 Å². The molecule has 6 nitrogen and oxygen atoms in total. The van der Waals surface area contributed by atoms with E-state index in [1.54, 1.807) is 30.3 Å². The van der Waals surface area contributed by atoms with E-state index in [0.29, 0.717) is 17.2 Å². The molecule has 2 aromatic rings. The SMILES string of the molecule is CS(=O)(=O)c1cccc(C(=O)Nc2ccc3c(c2)OC2(CCCCC2)O3)c1. The molecule has 1 amide bonds. The Morgan fingerprint density at radius 2 is 1.74 bits per heavy atom.